The van der Waals surface area contributed by atoms with E-state index >= 15 is 0 Å². The minimum Gasteiger partial charge on any atom is -0.497 e. The summed E-state index contributed by atoms with van der Waals surface area (Å²) in [5, 5.41) is 0.520. The van der Waals surface area contributed by atoms with Crippen molar-refractivity contribution in [3.63, 3.8) is 0 Å². The van der Waals surface area contributed by atoms with Crippen LogP contribution >= 0.6 is 11.6 Å². The van der Waals surface area contributed by atoms with Crippen LogP contribution in [0.15, 0.2) is 48.5 Å². The Bertz CT molecular complexity index is 896. The summed E-state index contributed by atoms with van der Waals surface area (Å²) in [6, 6.07) is 13.3. The Hall–Kier alpha value is -2.86. The van der Waals surface area contributed by atoms with E-state index in [0.717, 1.165) is 16.2 Å². The van der Waals surface area contributed by atoms with Gasteiger partial charge in [0.05, 0.1) is 19.2 Å². The molecule has 0 aromatic heterocycles. The number of anilines is 1. The van der Waals surface area contributed by atoms with E-state index in [1.807, 2.05) is 24.3 Å². The molecule has 0 radical (unpaired) electrons. The van der Waals surface area contributed by atoms with Gasteiger partial charge in [0, 0.05) is 18.0 Å². The van der Waals surface area contributed by atoms with Crippen LogP contribution in [0.1, 0.15) is 25.3 Å². The summed E-state index contributed by atoms with van der Waals surface area (Å²) in [6.07, 6.45) is 0.825. The second-order valence-corrected chi connectivity index (χ2v) is 7.24. The number of hydrogen-bond donors (Lipinski definition) is 0. The van der Waals surface area contributed by atoms with E-state index in [4.69, 9.17) is 16.3 Å². The average molecular weight is 415 g/mol. The first-order valence-corrected chi connectivity index (χ1v) is 9.87. The first-order chi connectivity index (χ1) is 13.9. The van der Waals surface area contributed by atoms with Crippen molar-refractivity contribution < 1.29 is 19.1 Å². The molecule has 0 saturated carbocycles. The molecule has 2 aromatic carbocycles. The minimum atomic E-state index is -0.788. The summed E-state index contributed by atoms with van der Waals surface area (Å²) in [5.74, 6) is -0.0949. The highest BCUT2D eigenvalue weighted by Gasteiger charge is 2.43. The van der Waals surface area contributed by atoms with Crippen molar-refractivity contribution >= 4 is 35.0 Å². The van der Waals surface area contributed by atoms with E-state index < -0.39 is 6.04 Å². The molecule has 1 unspecified atom stereocenters. The van der Waals surface area contributed by atoms with Crippen LogP contribution in [0, 0.1) is 0 Å². The molecule has 1 aliphatic heterocycles. The van der Waals surface area contributed by atoms with Crippen LogP contribution in [0.4, 0.5) is 5.69 Å². The lowest BCUT2D eigenvalue weighted by Crippen LogP contribution is -2.46. The molecule has 1 aliphatic rings. The molecule has 2 aromatic rings. The van der Waals surface area contributed by atoms with Crippen molar-refractivity contribution in [3.8, 4) is 5.75 Å². The maximum atomic E-state index is 13.0. The topological polar surface area (TPSA) is 66.9 Å². The van der Waals surface area contributed by atoms with Gasteiger partial charge >= 0.3 is 0 Å². The number of methoxy groups -OCH3 is 1. The molecule has 7 heteroatoms. The van der Waals surface area contributed by atoms with Crippen molar-refractivity contribution in [2.75, 3.05) is 18.6 Å². The number of carbonyl (C=O) groups excluding carboxylic acids is 3. The Morgan fingerprint density at radius 2 is 1.79 bits per heavy atom. The van der Waals surface area contributed by atoms with Crippen LogP contribution in [0.2, 0.25) is 5.02 Å². The molecule has 0 aliphatic carbocycles. The van der Waals surface area contributed by atoms with E-state index in [-0.39, 0.29) is 30.6 Å². The maximum absolute atomic E-state index is 13.0. The number of halogens is 1. The third-order valence-corrected chi connectivity index (χ3v) is 5.26. The van der Waals surface area contributed by atoms with Gasteiger partial charge in [0.1, 0.15) is 11.8 Å². The van der Waals surface area contributed by atoms with E-state index in [9.17, 15) is 14.4 Å². The fourth-order valence-electron chi connectivity index (χ4n) is 3.42. The molecule has 6 nitrogen and oxygen atoms in total. The molecule has 3 amide bonds. The van der Waals surface area contributed by atoms with E-state index in [1.165, 1.54) is 4.90 Å². The van der Waals surface area contributed by atoms with Crippen LogP contribution in [0.25, 0.3) is 0 Å². The Morgan fingerprint density at radius 1 is 1.14 bits per heavy atom. The van der Waals surface area contributed by atoms with Crippen LogP contribution in [-0.4, -0.2) is 42.3 Å². The van der Waals surface area contributed by atoms with Gasteiger partial charge in [-0.1, -0.05) is 30.7 Å². The SMILES string of the molecule is CCC(=O)N(CCc1ccc(OC)cc1)C1CC(=O)N(c2ccc(Cl)cc2)C1=O. The first-order valence-electron chi connectivity index (χ1n) is 9.49. The van der Waals surface area contributed by atoms with Gasteiger partial charge in [-0.2, -0.15) is 0 Å². The highest BCUT2D eigenvalue weighted by Crippen LogP contribution is 2.27. The highest BCUT2D eigenvalue weighted by molar-refractivity contribution is 6.30. The summed E-state index contributed by atoms with van der Waals surface area (Å²) >= 11 is 5.90. The molecule has 29 heavy (non-hydrogen) atoms. The standard InChI is InChI=1S/C22H23ClN2O4/c1-3-20(26)24(13-12-15-4-10-18(29-2)11-5-15)19-14-21(27)25(22(19)28)17-8-6-16(23)7-9-17/h4-11,19H,3,12-14H2,1-2H3. The van der Waals surface area contributed by atoms with Gasteiger partial charge in [-0.25, -0.2) is 4.90 Å². The molecule has 3 rings (SSSR count). The lowest BCUT2D eigenvalue weighted by atomic mass is 10.1. The zero-order valence-corrected chi connectivity index (χ0v) is 17.2. The molecule has 0 spiro atoms. The predicted molar refractivity (Wildman–Crippen MR) is 111 cm³/mol. The smallest absolute Gasteiger partial charge is 0.257 e. The van der Waals surface area contributed by atoms with Crippen molar-refractivity contribution in [2.24, 2.45) is 0 Å². The fraction of sp³-hybridized carbons (Fsp3) is 0.318. The van der Waals surface area contributed by atoms with E-state index in [2.05, 4.69) is 0 Å². The predicted octanol–water partition coefficient (Wildman–Crippen LogP) is 3.46. The van der Waals surface area contributed by atoms with Gasteiger partial charge in [-0.3, -0.25) is 14.4 Å². The molecule has 1 heterocycles. The summed E-state index contributed by atoms with van der Waals surface area (Å²) in [7, 11) is 1.60. The Balaban J connectivity index is 1.77. The third kappa shape index (κ3) is 4.59. The van der Waals surface area contributed by atoms with Gasteiger partial charge in [0.25, 0.3) is 5.91 Å². The monoisotopic (exact) mass is 414 g/mol. The number of hydrogen-bond acceptors (Lipinski definition) is 4. The normalized spacial score (nSPS) is 16.2. The van der Waals surface area contributed by atoms with Crippen molar-refractivity contribution in [2.45, 2.75) is 32.2 Å². The van der Waals surface area contributed by atoms with Gasteiger partial charge in [0.2, 0.25) is 11.8 Å². The molecular weight excluding hydrogens is 392 g/mol. The van der Waals surface area contributed by atoms with E-state index in [1.54, 1.807) is 38.3 Å². The molecule has 152 valence electrons. The Morgan fingerprint density at radius 3 is 2.38 bits per heavy atom. The Kier molecular flexibility index (Phi) is 6.54. The minimum absolute atomic E-state index is 0.0180. The summed E-state index contributed by atoms with van der Waals surface area (Å²) < 4.78 is 5.16. The number of carbonyl (C=O) groups is 3. The number of rotatable bonds is 7. The molecule has 1 fully saturated rings. The number of nitrogens with zero attached hydrogens (tertiary/aromatic N) is 2. The summed E-state index contributed by atoms with van der Waals surface area (Å²) in [5.41, 5.74) is 1.48. The number of ether oxygens (including phenoxy) is 1. The zero-order valence-electron chi connectivity index (χ0n) is 16.4. The van der Waals surface area contributed by atoms with Gasteiger partial charge in [0.15, 0.2) is 0 Å². The first kappa shape index (κ1) is 20.9. The number of amides is 3. The second kappa shape index (κ2) is 9.09. The molecule has 1 saturated heterocycles. The Labute approximate surface area is 175 Å². The van der Waals surface area contributed by atoms with Crippen LogP contribution in [-0.2, 0) is 20.8 Å². The van der Waals surface area contributed by atoms with Crippen LogP contribution < -0.4 is 9.64 Å². The fourth-order valence-corrected chi connectivity index (χ4v) is 3.55. The molecule has 1 atom stereocenters. The second-order valence-electron chi connectivity index (χ2n) is 6.80. The summed E-state index contributed by atoms with van der Waals surface area (Å²) in [6.45, 7) is 2.11. The average Bonchev–Trinajstić information content (AvgIpc) is 3.03. The van der Waals surface area contributed by atoms with Crippen LogP contribution in [0.3, 0.4) is 0 Å². The number of imide groups is 1. The lowest BCUT2D eigenvalue weighted by molar-refractivity contribution is -0.138. The van der Waals surface area contributed by atoms with E-state index in [0.29, 0.717) is 23.7 Å². The molecule has 0 bridgehead atoms. The van der Waals surface area contributed by atoms with Gasteiger partial charge < -0.3 is 9.64 Å². The maximum Gasteiger partial charge on any atom is 0.257 e. The summed E-state index contributed by atoms with van der Waals surface area (Å²) in [4.78, 5) is 40.8. The number of benzene rings is 2. The lowest BCUT2D eigenvalue weighted by Gasteiger charge is -2.27. The molecular formula is C22H23ClN2O4. The third-order valence-electron chi connectivity index (χ3n) is 5.01. The van der Waals surface area contributed by atoms with Crippen molar-refractivity contribution in [1.29, 1.82) is 0 Å². The van der Waals surface area contributed by atoms with Crippen molar-refractivity contribution in [1.82, 2.24) is 4.90 Å². The highest BCUT2D eigenvalue weighted by atomic mass is 35.5. The van der Waals surface area contributed by atoms with Crippen molar-refractivity contribution in [3.05, 3.63) is 59.1 Å². The van der Waals surface area contributed by atoms with Crippen LogP contribution in [0.5, 0.6) is 5.75 Å². The quantitative estimate of drug-likeness (QED) is 0.651. The zero-order chi connectivity index (χ0) is 21.0. The largest absolute Gasteiger partial charge is 0.497 e. The van der Waals surface area contributed by atoms with Gasteiger partial charge in [-0.05, 0) is 48.4 Å². The molecule has 0 N–H and O–H groups in total. The van der Waals surface area contributed by atoms with Gasteiger partial charge in [-0.15, -0.1) is 0 Å².